The number of alkyl halides is 2. The monoisotopic (exact) mass is 330 g/mol. The Hall–Kier alpha value is -1.68. The van der Waals surface area contributed by atoms with Gasteiger partial charge in [0.05, 0.1) is 24.2 Å². The van der Waals surface area contributed by atoms with E-state index < -0.39 is 24.4 Å². The van der Waals surface area contributed by atoms with Crippen molar-refractivity contribution in [3.63, 3.8) is 0 Å². The van der Waals surface area contributed by atoms with Crippen LogP contribution in [0.1, 0.15) is 12.0 Å². The van der Waals surface area contributed by atoms with Crippen molar-refractivity contribution in [3.8, 4) is 6.07 Å². The summed E-state index contributed by atoms with van der Waals surface area (Å²) in [4.78, 5) is 10.8. The highest BCUT2D eigenvalue weighted by Gasteiger charge is 2.50. The van der Waals surface area contributed by atoms with Crippen LogP contribution in [0.25, 0.3) is 0 Å². The molecule has 0 amide bonds. The Kier molecular flexibility index (Phi) is 3.71. The summed E-state index contributed by atoms with van der Waals surface area (Å²) in [6.07, 6.45) is -1.54. The summed E-state index contributed by atoms with van der Waals surface area (Å²) >= 11 is 3.25. The zero-order valence-corrected chi connectivity index (χ0v) is 11.2. The molecule has 0 saturated carbocycles. The van der Waals surface area contributed by atoms with Crippen LogP contribution in [-0.2, 0) is 9.53 Å². The lowest BCUT2D eigenvalue weighted by Crippen LogP contribution is -2.22. The first-order chi connectivity index (χ1) is 8.92. The molecule has 1 aliphatic heterocycles. The predicted molar refractivity (Wildman–Crippen MR) is 66.8 cm³/mol. The Labute approximate surface area is 116 Å². The average Bonchev–Trinajstić information content (AvgIpc) is 2.61. The molecular weight excluding hydrogens is 322 g/mol. The molecular formula is C12H9BrF2N2O2. The average molecular weight is 331 g/mol. The predicted octanol–water partition coefficient (Wildman–Crippen LogP) is 2.68. The Morgan fingerprint density at radius 3 is 2.89 bits per heavy atom. The number of hydrogen-bond acceptors (Lipinski definition) is 4. The number of rotatable bonds is 3. The third kappa shape index (κ3) is 3.01. The van der Waals surface area contributed by atoms with E-state index >= 15 is 0 Å². The Balaban J connectivity index is 2.03. The number of carbonyl (C=O) groups is 1. The van der Waals surface area contributed by atoms with Crippen LogP contribution in [0.2, 0.25) is 0 Å². The van der Waals surface area contributed by atoms with E-state index in [4.69, 9.17) is 5.26 Å². The van der Waals surface area contributed by atoms with E-state index in [1.165, 1.54) is 0 Å². The quantitative estimate of drug-likeness (QED) is 0.865. The third-order valence-electron chi connectivity index (χ3n) is 2.68. The lowest BCUT2D eigenvalue weighted by Gasteiger charge is -2.12. The molecule has 1 aliphatic rings. The number of halogens is 3. The van der Waals surface area contributed by atoms with Crippen molar-refractivity contribution in [3.05, 3.63) is 28.2 Å². The Bertz CT molecular complexity index is 557. The number of nitriles is 1. The van der Waals surface area contributed by atoms with E-state index in [2.05, 4.69) is 26.0 Å². The summed E-state index contributed by atoms with van der Waals surface area (Å²) in [5, 5.41) is 11.8. The van der Waals surface area contributed by atoms with Crippen LogP contribution in [-0.4, -0.2) is 24.5 Å². The maximum atomic E-state index is 13.0. The summed E-state index contributed by atoms with van der Waals surface area (Å²) in [6, 6.07) is 6.94. The number of ether oxygens (including phenoxy) is 1. The van der Waals surface area contributed by atoms with Gasteiger partial charge in [-0.3, -0.25) is 0 Å². The Morgan fingerprint density at radius 2 is 2.32 bits per heavy atom. The van der Waals surface area contributed by atoms with Gasteiger partial charge in [0.2, 0.25) is 0 Å². The van der Waals surface area contributed by atoms with Gasteiger partial charge in [-0.15, -0.1) is 0 Å². The van der Waals surface area contributed by atoms with Gasteiger partial charge in [0.25, 0.3) is 0 Å². The molecule has 0 radical (unpaired) electrons. The molecule has 2 rings (SSSR count). The third-order valence-corrected chi connectivity index (χ3v) is 3.17. The van der Waals surface area contributed by atoms with Gasteiger partial charge < -0.3 is 10.1 Å². The summed E-state index contributed by atoms with van der Waals surface area (Å²) in [5.74, 6) is -4.91. The number of hydrogen-bond donors (Lipinski definition) is 1. The first-order valence-electron chi connectivity index (χ1n) is 5.45. The van der Waals surface area contributed by atoms with Crippen LogP contribution < -0.4 is 5.32 Å². The molecule has 0 spiro atoms. The van der Waals surface area contributed by atoms with Gasteiger partial charge in [-0.1, -0.05) is 15.9 Å². The lowest BCUT2D eigenvalue weighted by atomic mass is 10.1. The summed E-state index contributed by atoms with van der Waals surface area (Å²) in [5.41, 5.74) is 0.891. The largest absolute Gasteiger partial charge is 0.456 e. The highest BCUT2D eigenvalue weighted by Crippen LogP contribution is 2.31. The van der Waals surface area contributed by atoms with Crippen LogP contribution in [0.15, 0.2) is 22.7 Å². The number of cyclic esters (lactones) is 1. The fourth-order valence-corrected chi connectivity index (χ4v) is 2.11. The molecule has 0 bridgehead atoms. The zero-order chi connectivity index (χ0) is 14.0. The van der Waals surface area contributed by atoms with E-state index in [-0.39, 0.29) is 6.54 Å². The minimum Gasteiger partial charge on any atom is -0.456 e. The summed E-state index contributed by atoms with van der Waals surface area (Å²) < 4.78 is 31.2. The molecule has 0 aliphatic carbocycles. The van der Waals surface area contributed by atoms with Gasteiger partial charge in [-0.25, -0.2) is 4.79 Å². The fourth-order valence-electron chi connectivity index (χ4n) is 1.75. The number of esters is 1. The lowest BCUT2D eigenvalue weighted by molar-refractivity contribution is -0.158. The molecule has 0 aromatic heterocycles. The van der Waals surface area contributed by atoms with Crippen molar-refractivity contribution < 1.29 is 18.3 Å². The SMILES string of the molecule is N#Cc1ccc(Br)cc1NCC1CC(F)(F)C(=O)O1. The Morgan fingerprint density at radius 1 is 1.58 bits per heavy atom. The zero-order valence-electron chi connectivity index (χ0n) is 9.62. The first kappa shape index (κ1) is 13.7. The first-order valence-corrected chi connectivity index (χ1v) is 6.24. The molecule has 1 heterocycles. The van der Waals surface area contributed by atoms with Crippen LogP contribution in [0.3, 0.4) is 0 Å². The molecule has 7 heteroatoms. The smallest absolute Gasteiger partial charge is 0.377 e. The molecule has 1 N–H and O–H groups in total. The van der Waals surface area contributed by atoms with Gasteiger partial charge in [0.1, 0.15) is 12.2 Å². The maximum absolute atomic E-state index is 13.0. The van der Waals surface area contributed by atoms with Crippen molar-refractivity contribution in [2.75, 3.05) is 11.9 Å². The van der Waals surface area contributed by atoms with Crippen LogP contribution in [0.5, 0.6) is 0 Å². The van der Waals surface area contributed by atoms with E-state index in [1.807, 2.05) is 6.07 Å². The van der Waals surface area contributed by atoms with Gasteiger partial charge in [-0.05, 0) is 18.2 Å². The van der Waals surface area contributed by atoms with Gasteiger partial charge in [0, 0.05) is 4.47 Å². The molecule has 1 aromatic carbocycles. The normalized spacial score (nSPS) is 20.7. The second-order valence-corrected chi connectivity index (χ2v) is 5.03. The van der Waals surface area contributed by atoms with Crippen LogP contribution in [0.4, 0.5) is 14.5 Å². The van der Waals surface area contributed by atoms with E-state index in [1.54, 1.807) is 18.2 Å². The highest BCUT2D eigenvalue weighted by atomic mass is 79.9. The molecule has 19 heavy (non-hydrogen) atoms. The van der Waals surface area contributed by atoms with Crippen molar-refractivity contribution in [1.82, 2.24) is 0 Å². The molecule has 1 fully saturated rings. The molecule has 100 valence electrons. The van der Waals surface area contributed by atoms with E-state index in [0.717, 1.165) is 4.47 Å². The number of nitrogens with one attached hydrogen (secondary N) is 1. The number of benzene rings is 1. The van der Waals surface area contributed by atoms with Gasteiger partial charge in [-0.2, -0.15) is 14.0 Å². The number of anilines is 1. The minimum absolute atomic E-state index is 0.0342. The molecule has 1 saturated heterocycles. The van der Waals surface area contributed by atoms with Crippen molar-refractivity contribution in [1.29, 1.82) is 5.26 Å². The van der Waals surface area contributed by atoms with Crippen molar-refractivity contribution in [2.45, 2.75) is 18.4 Å². The van der Waals surface area contributed by atoms with Crippen molar-refractivity contribution in [2.24, 2.45) is 0 Å². The second kappa shape index (κ2) is 5.13. The van der Waals surface area contributed by atoms with Crippen LogP contribution >= 0.6 is 15.9 Å². The molecule has 4 nitrogen and oxygen atoms in total. The standard InChI is InChI=1S/C12H9BrF2N2O2/c13-8-2-1-7(5-16)10(3-8)17-6-9-4-12(14,15)11(18)19-9/h1-3,9,17H,4,6H2. The highest BCUT2D eigenvalue weighted by molar-refractivity contribution is 9.10. The fraction of sp³-hybridized carbons (Fsp3) is 0.333. The number of carbonyl (C=O) groups excluding carboxylic acids is 1. The topological polar surface area (TPSA) is 62.1 Å². The second-order valence-electron chi connectivity index (χ2n) is 4.12. The van der Waals surface area contributed by atoms with Crippen LogP contribution in [0, 0.1) is 11.3 Å². The van der Waals surface area contributed by atoms with Gasteiger partial charge in [0.15, 0.2) is 0 Å². The van der Waals surface area contributed by atoms with E-state index in [0.29, 0.717) is 11.3 Å². The molecule has 1 aromatic rings. The van der Waals surface area contributed by atoms with Crippen molar-refractivity contribution >= 4 is 27.6 Å². The maximum Gasteiger partial charge on any atom is 0.377 e. The molecule has 1 atom stereocenters. The van der Waals surface area contributed by atoms with E-state index in [9.17, 15) is 13.6 Å². The summed E-state index contributed by atoms with van der Waals surface area (Å²) in [6.45, 7) is 0.0342. The van der Waals surface area contributed by atoms with Gasteiger partial charge >= 0.3 is 11.9 Å². The summed E-state index contributed by atoms with van der Waals surface area (Å²) in [7, 11) is 0. The molecule has 1 unspecified atom stereocenters. The minimum atomic E-state index is -3.42. The number of nitrogens with zero attached hydrogens (tertiary/aromatic N) is 1.